The van der Waals surface area contributed by atoms with E-state index in [1.165, 1.54) is 0 Å². The van der Waals surface area contributed by atoms with Crippen LogP contribution in [0.1, 0.15) is 36.2 Å². The van der Waals surface area contributed by atoms with E-state index in [2.05, 4.69) is 20.3 Å². The molecule has 0 heterocycles. The van der Waals surface area contributed by atoms with E-state index < -0.39 is 10.0 Å². The number of hydrogen-bond donors (Lipinski definition) is 3. The van der Waals surface area contributed by atoms with Crippen LogP contribution in [0.4, 0.5) is 0 Å². The third-order valence-corrected chi connectivity index (χ3v) is 5.12. The van der Waals surface area contributed by atoms with Crippen LogP contribution < -0.4 is 15.4 Å². The number of nitrogens with one attached hydrogen (secondary N) is 3. The van der Waals surface area contributed by atoms with E-state index >= 15 is 0 Å². The Bertz CT molecular complexity index is 715. The summed E-state index contributed by atoms with van der Waals surface area (Å²) in [5.41, 5.74) is 1.64. The molecule has 0 aliphatic heterocycles. The van der Waals surface area contributed by atoms with Gasteiger partial charge in [-0.15, -0.1) is 0 Å². The van der Waals surface area contributed by atoms with Gasteiger partial charge in [-0.3, -0.25) is 4.79 Å². The zero-order valence-corrected chi connectivity index (χ0v) is 17.4. The van der Waals surface area contributed by atoms with Crippen LogP contribution in [0.5, 0.6) is 0 Å². The molecule has 27 heavy (non-hydrogen) atoms. The standard InChI is InChI=1S/C18H31N5O3S/c1-5-19-18(20-12-7-13-22-27(25,26)6-2)21-14-15-8-10-16(11-9-15)17(24)23(3)4/h8-11,22H,5-7,12-14H2,1-4H3,(H2,19,20,21). The molecule has 0 atom stereocenters. The number of nitrogens with zero attached hydrogens (tertiary/aromatic N) is 2. The highest BCUT2D eigenvalue weighted by molar-refractivity contribution is 7.89. The van der Waals surface area contributed by atoms with Crippen LogP contribution in [0.15, 0.2) is 29.3 Å². The van der Waals surface area contributed by atoms with Gasteiger partial charge >= 0.3 is 0 Å². The highest BCUT2D eigenvalue weighted by atomic mass is 32.2. The Hall–Kier alpha value is -2.13. The van der Waals surface area contributed by atoms with Crippen molar-refractivity contribution in [2.24, 2.45) is 4.99 Å². The molecule has 3 N–H and O–H groups in total. The highest BCUT2D eigenvalue weighted by Crippen LogP contribution is 2.07. The largest absolute Gasteiger partial charge is 0.357 e. The minimum Gasteiger partial charge on any atom is -0.357 e. The molecule has 0 aromatic heterocycles. The summed E-state index contributed by atoms with van der Waals surface area (Å²) in [6.45, 7) is 5.80. The fourth-order valence-electron chi connectivity index (χ4n) is 2.15. The van der Waals surface area contributed by atoms with Crippen LogP contribution in [0.2, 0.25) is 0 Å². The molecule has 152 valence electrons. The lowest BCUT2D eigenvalue weighted by Gasteiger charge is -2.12. The van der Waals surface area contributed by atoms with E-state index in [1.54, 1.807) is 38.1 Å². The van der Waals surface area contributed by atoms with E-state index in [9.17, 15) is 13.2 Å². The fraction of sp³-hybridized carbons (Fsp3) is 0.556. The van der Waals surface area contributed by atoms with Crippen LogP contribution in [-0.4, -0.2) is 64.7 Å². The van der Waals surface area contributed by atoms with E-state index in [-0.39, 0.29) is 11.7 Å². The first-order valence-electron chi connectivity index (χ1n) is 9.09. The number of hydrogen-bond acceptors (Lipinski definition) is 4. The summed E-state index contributed by atoms with van der Waals surface area (Å²) in [6, 6.07) is 7.38. The highest BCUT2D eigenvalue weighted by Gasteiger charge is 2.07. The molecule has 1 aromatic rings. The average Bonchev–Trinajstić information content (AvgIpc) is 2.65. The Kier molecular flexibility index (Phi) is 9.81. The van der Waals surface area contributed by atoms with Gasteiger partial charge in [-0.05, 0) is 38.0 Å². The van der Waals surface area contributed by atoms with Crippen molar-refractivity contribution in [2.45, 2.75) is 26.8 Å². The van der Waals surface area contributed by atoms with Gasteiger partial charge in [-0.1, -0.05) is 12.1 Å². The third kappa shape index (κ3) is 8.87. The number of benzene rings is 1. The SMILES string of the molecule is CCNC(=NCc1ccc(C(=O)N(C)C)cc1)NCCCNS(=O)(=O)CC. The molecule has 0 bridgehead atoms. The van der Waals surface area contributed by atoms with Crippen molar-refractivity contribution in [1.82, 2.24) is 20.3 Å². The Morgan fingerprint density at radius 3 is 2.30 bits per heavy atom. The number of amides is 1. The Morgan fingerprint density at radius 1 is 1.07 bits per heavy atom. The van der Waals surface area contributed by atoms with Gasteiger partial charge in [0.1, 0.15) is 0 Å². The van der Waals surface area contributed by atoms with Crippen LogP contribution >= 0.6 is 0 Å². The Labute approximate surface area is 162 Å². The summed E-state index contributed by atoms with van der Waals surface area (Å²) in [6.07, 6.45) is 0.658. The van der Waals surface area contributed by atoms with Gasteiger partial charge < -0.3 is 15.5 Å². The second-order valence-electron chi connectivity index (χ2n) is 6.17. The zero-order valence-electron chi connectivity index (χ0n) is 16.6. The lowest BCUT2D eigenvalue weighted by molar-refractivity contribution is 0.0827. The average molecular weight is 398 g/mol. The third-order valence-electron chi connectivity index (χ3n) is 3.72. The first-order chi connectivity index (χ1) is 12.8. The minimum atomic E-state index is -3.14. The van der Waals surface area contributed by atoms with Crippen LogP contribution in [0.3, 0.4) is 0 Å². The fourth-order valence-corrected chi connectivity index (χ4v) is 2.81. The molecule has 0 saturated heterocycles. The summed E-state index contributed by atoms with van der Waals surface area (Å²) in [7, 11) is 0.306. The van der Waals surface area contributed by atoms with Gasteiger partial charge in [0.15, 0.2) is 5.96 Å². The van der Waals surface area contributed by atoms with Gasteiger partial charge in [0.2, 0.25) is 10.0 Å². The van der Waals surface area contributed by atoms with Gasteiger partial charge in [-0.2, -0.15) is 0 Å². The van der Waals surface area contributed by atoms with Crippen molar-refractivity contribution in [1.29, 1.82) is 0 Å². The summed E-state index contributed by atoms with van der Waals surface area (Å²) in [5, 5.41) is 6.34. The predicted molar refractivity (Wildman–Crippen MR) is 109 cm³/mol. The van der Waals surface area contributed by atoms with Gasteiger partial charge in [0.05, 0.1) is 12.3 Å². The molecule has 0 aliphatic rings. The number of sulfonamides is 1. The number of aliphatic imine (C=N–C) groups is 1. The normalized spacial score (nSPS) is 11.9. The van der Waals surface area contributed by atoms with Crippen molar-refractivity contribution >= 4 is 21.9 Å². The molecule has 9 heteroatoms. The van der Waals surface area contributed by atoms with Crippen molar-refractivity contribution in [3.05, 3.63) is 35.4 Å². The topological polar surface area (TPSA) is 103 Å². The number of guanidine groups is 1. The van der Waals surface area contributed by atoms with E-state index in [0.717, 1.165) is 12.1 Å². The van der Waals surface area contributed by atoms with E-state index in [4.69, 9.17) is 0 Å². The lowest BCUT2D eigenvalue weighted by atomic mass is 10.1. The molecule has 1 rings (SSSR count). The Balaban J connectivity index is 2.52. The lowest BCUT2D eigenvalue weighted by Crippen LogP contribution is -2.38. The molecule has 0 fully saturated rings. The van der Waals surface area contributed by atoms with Gasteiger partial charge in [0, 0.05) is 39.3 Å². The molecule has 0 saturated carbocycles. The number of carbonyl (C=O) groups excluding carboxylic acids is 1. The first kappa shape index (κ1) is 22.9. The molecular weight excluding hydrogens is 366 g/mol. The van der Waals surface area contributed by atoms with Crippen molar-refractivity contribution < 1.29 is 13.2 Å². The maximum atomic E-state index is 11.9. The first-order valence-corrected chi connectivity index (χ1v) is 10.7. The smallest absolute Gasteiger partial charge is 0.253 e. The van der Waals surface area contributed by atoms with Crippen molar-refractivity contribution in [3.63, 3.8) is 0 Å². The van der Waals surface area contributed by atoms with Gasteiger partial charge in [-0.25, -0.2) is 18.1 Å². The molecule has 0 unspecified atom stereocenters. The van der Waals surface area contributed by atoms with Gasteiger partial charge in [0.25, 0.3) is 5.91 Å². The van der Waals surface area contributed by atoms with E-state index in [0.29, 0.717) is 37.6 Å². The maximum Gasteiger partial charge on any atom is 0.253 e. The molecule has 8 nitrogen and oxygen atoms in total. The summed E-state index contributed by atoms with van der Waals surface area (Å²) in [5.74, 6) is 0.728. The minimum absolute atomic E-state index is 0.0289. The van der Waals surface area contributed by atoms with Crippen LogP contribution in [0.25, 0.3) is 0 Å². The van der Waals surface area contributed by atoms with E-state index in [1.807, 2.05) is 19.1 Å². The molecule has 0 aliphatic carbocycles. The van der Waals surface area contributed by atoms with Crippen LogP contribution in [-0.2, 0) is 16.6 Å². The summed E-state index contributed by atoms with van der Waals surface area (Å²) < 4.78 is 25.3. The molecule has 1 aromatic carbocycles. The monoisotopic (exact) mass is 397 g/mol. The molecule has 0 spiro atoms. The summed E-state index contributed by atoms with van der Waals surface area (Å²) >= 11 is 0. The Morgan fingerprint density at radius 2 is 1.74 bits per heavy atom. The zero-order chi connectivity index (χ0) is 20.3. The van der Waals surface area contributed by atoms with Crippen molar-refractivity contribution in [2.75, 3.05) is 39.5 Å². The predicted octanol–water partition coefficient (Wildman–Crippen LogP) is 0.773. The molecule has 0 radical (unpaired) electrons. The summed E-state index contributed by atoms with van der Waals surface area (Å²) in [4.78, 5) is 18.0. The second kappa shape index (κ2) is 11.6. The second-order valence-corrected chi connectivity index (χ2v) is 8.27. The van der Waals surface area contributed by atoms with Crippen molar-refractivity contribution in [3.8, 4) is 0 Å². The molecule has 1 amide bonds. The number of rotatable bonds is 10. The van der Waals surface area contributed by atoms with Crippen LogP contribution in [0, 0.1) is 0 Å². The number of carbonyl (C=O) groups is 1. The molecular formula is C18H31N5O3S. The quantitative estimate of drug-likeness (QED) is 0.307. The maximum absolute atomic E-state index is 11.9.